The Balaban J connectivity index is 1.54. The predicted octanol–water partition coefficient (Wildman–Crippen LogP) is 2.50. The number of fused-ring (bicyclic) bond motifs is 1. The van der Waals surface area contributed by atoms with E-state index in [2.05, 4.69) is 21.5 Å². The van der Waals surface area contributed by atoms with Crippen molar-refractivity contribution in [3.8, 4) is 0 Å². The minimum atomic E-state index is -0.0771. The van der Waals surface area contributed by atoms with E-state index in [-0.39, 0.29) is 24.3 Å². The molecule has 4 rings (SSSR count). The van der Waals surface area contributed by atoms with E-state index in [0.717, 1.165) is 32.8 Å². The lowest BCUT2D eigenvalue weighted by Gasteiger charge is -2.17. The molecule has 1 atom stereocenters. The Hall–Kier alpha value is -2.78. The van der Waals surface area contributed by atoms with Gasteiger partial charge in [0.05, 0.1) is 11.5 Å². The Bertz CT molecular complexity index is 1110. The predicted molar refractivity (Wildman–Crippen MR) is 119 cm³/mol. The van der Waals surface area contributed by atoms with Crippen molar-refractivity contribution in [3.63, 3.8) is 0 Å². The number of aromatic nitrogens is 3. The Labute approximate surface area is 185 Å². The second-order valence-electron chi connectivity index (χ2n) is 7.78. The van der Waals surface area contributed by atoms with Crippen LogP contribution in [0.1, 0.15) is 39.2 Å². The van der Waals surface area contributed by atoms with Crippen LogP contribution in [-0.4, -0.2) is 64.8 Å². The first-order valence-corrected chi connectivity index (χ1v) is 11.2. The minimum Gasteiger partial charge on any atom is -0.383 e. The normalized spacial score (nSPS) is 16.2. The summed E-state index contributed by atoms with van der Waals surface area (Å²) in [4.78, 5) is 32.7. The van der Waals surface area contributed by atoms with Crippen LogP contribution in [0.4, 0.5) is 0 Å². The number of aryl methyl sites for hydroxylation is 2. The van der Waals surface area contributed by atoms with Crippen LogP contribution < -0.4 is 5.32 Å². The molecule has 0 saturated carbocycles. The summed E-state index contributed by atoms with van der Waals surface area (Å²) >= 11 is 1.52. The fraction of sp³-hybridized carbons (Fsp3) is 0.455. The number of ether oxygens (including phenoxy) is 1. The molecule has 31 heavy (non-hydrogen) atoms. The summed E-state index contributed by atoms with van der Waals surface area (Å²) in [7, 11) is 1.61. The number of likely N-dealkylation sites (tertiary alicyclic amines) is 1. The topological polar surface area (TPSA) is 89.4 Å². The number of methoxy groups -OCH3 is 1. The molecule has 0 spiro atoms. The highest BCUT2D eigenvalue weighted by Gasteiger charge is 2.32. The minimum absolute atomic E-state index is 0.0288. The lowest BCUT2D eigenvalue weighted by molar-refractivity contribution is -0.131. The molecule has 0 unspecified atom stereocenters. The van der Waals surface area contributed by atoms with E-state index in [1.54, 1.807) is 11.8 Å². The molecule has 164 valence electrons. The first-order valence-electron chi connectivity index (χ1n) is 10.4. The van der Waals surface area contributed by atoms with Gasteiger partial charge in [0, 0.05) is 37.4 Å². The quantitative estimate of drug-likeness (QED) is 0.569. The van der Waals surface area contributed by atoms with Gasteiger partial charge >= 0.3 is 0 Å². The number of rotatable bonds is 7. The summed E-state index contributed by atoms with van der Waals surface area (Å²) in [6.07, 6.45) is 0.834. The van der Waals surface area contributed by atoms with Crippen LogP contribution in [0, 0.1) is 13.8 Å². The van der Waals surface area contributed by atoms with Gasteiger partial charge in [0.1, 0.15) is 18.2 Å². The number of nitrogens with zero attached hydrogens (tertiary/aromatic N) is 4. The number of hydrogen-bond acceptors (Lipinski definition) is 6. The molecule has 1 aromatic carbocycles. The molecule has 1 N–H and O–H groups in total. The number of thiophene rings is 1. The number of benzene rings is 1. The number of amides is 2. The van der Waals surface area contributed by atoms with Crippen LogP contribution in [0.5, 0.6) is 0 Å². The summed E-state index contributed by atoms with van der Waals surface area (Å²) in [6, 6.07) is 8.10. The van der Waals surface area contributed by atoms with Crippen molar-refractivity contribution in [2.24, 2.45) is 0 Å². The average Bonchev–Trinajstić information content (AvgIpc) is 3.44. The van der Waals surface area contributed by atoms with E-state index in [4.69, 9.17) is 4.74 Å². The largest absolute Gasteiger partial charge is 0.383 e. The van der Waals surface area contributed by atoms with Crippen molar-refractivity contribution < 1.29 is 14.3 Å². The van der Waals surface area contributed by atoms with Gasteiger partial charge in [-0.1, -0.05) is 18.2 Å². The van der Waals surface area contributed by atoms with Crippen molar-refractivity contribution in [2.75, 3.05) is 33.4 Å². The summed E-state index contributed by atoms with van der Waals surface area (Å²) in [5.41, 5.74) is 1.05. The molecule has 1 aliphatic rings. The molecule has 1 aliphatic heterocycles. The van der Waals surface area contributed by atoms with Crippen LogP contribution in [0.25, 0.3) is 10.1 Å². The van der Waals surface area contributed by atoms with Crippen LogP contribution in [0.3, 0.4) is 0 Å². The number of carbonyl (C=O) groups is 2. The maximum absolute atomic E-state index is 12.9. The third kappa shape index (κ3) is 4.47. The molecule has 2 amide bonds. The molecule has 9 heteroatoms. The zero-order valence-corrected chi connectivity index (χ0v) is 18.9. The fourth-order valence-electron chi connectivity index (χ4n) is 4.15. The maximum atomic E-state index is 12.9. The molecular weight excluding hydrogens is 414 g/mol. The summed E-state index contributed by atoms with van der Waals surface area (Å²) in [6.45, 7) is 6.07. The van der Waals surface area contributed by atoms with Gasteiger partial charge in [-0.05, 0) is 37.3 Å². The second kappa shape index (κ2) is 9.15. The number of carbonyl (C=O) groups excluding carboxylic acids is 2. The standard InChI is InChI=1S/C22H27N5O3S/c1-14-24-15(2)27(25-14)13-19(28)26-10-8-16(12-26)20-17-6-4-5-7-18(17)31-21(20)22(29)23-9-11-30-3/h4-7,16H,8-13H2,1-3H3,(H,23,29)/t16-/m1/s1. The molecule has 0 aliphatic carbocycles. The zero-order valence-electron chi connectivity index (χ0n) is 18.1. The van der Waals surface area contributed by atoms with E-state index in [1.807, 2.05) is 36.9 Å². The van der Waals surface area contributed by atoms with Gasteiger partial charge in [-0.15, -0.1) is 11.3 Å². The van der Waals surface area contributed by atoms with Crippen LogP contribution in [0.15, 0.2) is 24.3 Å². The highest BCUT2D eigenvalue weighted by molar-refractivity contribution is 7.21. The molecule has 1 saturated heterocycles. The summed E-state index contributed by atoms with van der Waals surface area (Å²) in [5, 5.41) is 8.35. The Kier molecular flexibility index (Phi) is 6.33. The van der Waals surface area contributed by atoms with Gasteiger partial charge in [-0.25, -0.2) is 9.67 Å². The van der Waals surface area contributed by atoms with Gasteiger partial charge < -0.3 is 15.0 Å². The number of nitrogens with one attached hydrogen (secondary N) is 1. The Morgan fingerprint density at radius 1 is 1.29 bits per heavy atom. The first kappa shape index (κ1) is 21.5. The molecule has 3 heterocycles. The van der Waals surface area contributed by atoms with Gasteiger partial charge in [-0.2, -0.15) is 5.10 Å². The third-order valence-corrected chi connectivity index (χ3v) is 6.81. The smallest absolute Gasteiger partial charge is 0.261 e. The van der Waals surface area contributed by atoms with Crippen molar-refractivity contribution in [1.29, 1.82) is 0 Å². The SMILES string of the molecule is COCCNC(=O)c1sc2ccccc2c1[C@@H]1CCN(C(=O)Cn2nc(C)nc2C)C1. The summed E-state index contributed by atoms with van der Waals surface area (Å²) < 4.78 is 7.79. The van der Waals surface area contributed by atoms with Gasteiger partial charge in [0.25, 0.3) is 5.91 Å². The zero-order chi connectivity index (χ0) is 22.0. The third-order valence-electron chi connectivity index (χ3n) is 5.63. The molecule has 2 aromatic heterocycles. The van der Waals surface area contributed by atoms with Crippen molar-refractivity contribution in [1.82, 2.24) is 25.0 Å². The van der Waals surface area contributed by atoms with E-state index < -0.39 is 0 Å². The monoisotopic (exact) mass is 441 g/mol. The molecular formula is C22H27N5O3S. The molecule has 0 radical (unpaired) electrons. The Morgan fingerprint density at radius 2 is 2.10 bits per heavy atom. The van der Waals surface area contributed by atoms with Gasteiger partial charge in [0.2, 0.25) is 5.91 Å². The molecule has 8 nitrogen and oxygen atoms in total. The maximum Gasteiger partial charge on any atom is 0.261 e. The van der Waals surface area contributed by atoms with E-state index in [1.165, 1.54) is 11.3 Å². The molecule has 1 fully saturated rings. The van der Waals surface area contributed by atoms with E-state index in [0.29, 0.717) is 32.1 Å². The highest BCUT2D eigenvalue weighted by atomic mass is 32.1. The van der Waals surface area contributed by atoms with Crippen LogP contribution in [-0.2, 0) is 16.1 Å². The fourth-order valence-corrected chi connectivity index (χ4v) is 5.35. The van der Waals surface area contributed by atoms with E-state index >= 15 is 0 Å². The van der Waals surface area contributed by atoms with Crippen molar-refractivity contribution in [3.05, 3.63) is 46.4 Å². The molecule has 3 aromatic rings. The van der Waals surface area contributed by atoms with Crippen LogP contribution >= 0.6 is 11.3 Å². The highest BCUT2D eigenvalue weighted by Crippen LogP contribution is 2.40. The lowest BCUT2D eigenvalue weighted by Crippen LogP contribution is -2.32. The van der Waals surface area contributed by atoms with Gasteiger partial charge in [0.15, 0.2) is 0 Å². The van der Waals surface area contributed by atoms with E-state index in [9.17, 15) is 9.59 Å². The van der Waals surface area contributed by atoms with Crippen molar-refractivity contribution >= 4 is 33.2 Å². The first-order chi connectivity index (χ1) is 15.0. The molecule has 0 bridgehead atoms. The Morgan fingerprint density at radius 3 is 2.84 bits per heavy atom. The van der Waals surface area contributed by atoms with Crippen molar-refractivity contribution in [2.45, 2.75) is 32.7 Å². The second-order valence-corrected chi connectivity index (χ2v) is 8.83. The summed E-state index contributed by atoms with van der Waals surface area (Å²) in [5.74, 6) is 1.48. The lowest BCUT2D eigenvalue weighted by atomic mass is 9.95. The van der Waals surface area contributed by atoms with Gasteiger partial charge in [-0.3, -0.25) is 9.59 Å². The average molecular weight is 442 g/mol. The van der Waals surface area contributed by atoms with Crippen LogP contribution in [0.2, 0.25) is 0 Å². The number of hydrogen-bond donors (Lipinski definition) is 1.